The number of hydrogen-bond donors (Lipinski definition) is 1. The molecule has 28 heavy (non-hydrogen) atoms. The number of aromatic nitrogens is 4. The number of aliphatic hydroxyl groups is 1. The van der Waals surface area contributed by atoms with Gasteiger partial charge in [-0.2, -0.15) is 0 Å². The van der Waals surface area contributed by atoms with Crippen molar-refractivity contribution < 1.29 is 14.3 Å². The molecule has 7 nitrogen and oxygen atoms in total. The molecule has 2 atom stereocenters. The van der Waals surface area contributed by atoms with Gasteiger partial charge in [-0.3, -0.25) is 4.57 Å². The van der Waals surface area contributed by atoms with Crippen molar-refractivity contribution in [2.24, 2.45) is 0 Å². The third-order valence-electron chi connectivity index (χ3n) is 4.63. The van der Waals surface area contributed by atoms with Crippen LogP contribution in [0.25, 0.3) is 22.7 Å². The number of nitrogens with zero attached hydrogens (tertiary/aromatic N) is 4. The van der Waals surface area contributed by atoms with Crippen molar-refractivity contribution in [1.82, 2.24) is 19.5 Å². The van der Waals surface area contributed by atoms with Crippen molar-refractivity contribution in [3.05, 3.63) is 29.4 Å². The lowest BCUT2D eigenvalue weighted by atomic mass is 10.2. The fourth-order valence-electron chi connectivity index (χ4n) is 3.23. The van der Waals surface area contributed by atoms with Crippen LogP contribution in [-0.4, -0.2) is 37.3 Å². The van der Waals surface area contributed by atoms with Crippen LogP contribution < -0.4 is 0 Å². The smallest absolute Gasteiger partial charge is 0.208 e. The van der Waals surface area contributed by atoms with Crippen LogP contribution in [0.4, 0.5) is 0 Å². The molecule has 0 amide bonds. The van der Waals surface area contributed by atoms with Crippen LogP contribution in [0, 0.1) is 11.8 Å². The average Bonchev–Trinajstić information content (AvgIpc) is 3.41. The topological polar surface area (TPSA) is 86.2 Å². The number of fused-ring (bicyclic) bond motifs is 1. The lowest BCUT2D eigenvalue weighted by Crippen LogP contribution is -2.20. The molecular weight excluding hydrogens is 380 g/mol. The van der Waals surface area contributed by atoms with E-state index in [-0.39, 0.29) is 5.15 Å². The summed E-state index contributed by atoms with van der Waals surface area (Å²) in [6.45, 7) is 2.60. The molecule has 4 heterocycles. The Morgan fingerprint density at radius 2 is 2.21 bits per heavy atom. The van der Waals surface area contributed by atoms with Crippen molar-refractivity contribution in [2.75, 3.05) is 6.61 Å². The van der Waals surface area contributed by atoms with Crippen molar-refractivity contribution in [3.8, 4) is 23.4 Å². The Bertz CT molecular complexity index is 1020. The van der Waals surface area contributed by atoms with E-state index in [1.165, 1.54) is 0 Å². The Morgan fingerprint density at radius 1 is 1.32 bits per heavy atom. The Morgan fingerprint density at radius 3 is 2.93 bits per heavy atom. The van der Waals surface area contributed by atoms with E-state index >= 15 is 0 Å². The molecule has 0 saturated carbocycles. The maximum atomic E-state index is 10.4. The SMILES string of the molecule is CCCCCC#Cc1nc(Cl)c2nc(-c3ccco3)n([C@@H]3OCC[C@H]3O)c2n1. The average molecular weight is 401 g/mol. The predicted octanol–water partition coefficient (Wildman–Crippen LogP) is 3.95. The molecule has 1 fully saturated rings. The highest BCUT2D eigenvalue weighted by Gasteiger charge is 2.33. The van der Waals surface area contributed by atoms with Crippen molar-refractivity contribution in [3.63, 3.8) is 0 Å². The number of unbranched alkanes of at least 4 members (excludes halogenated alkanes) is 3. The molecule has 1 aliphatic heterocycles. The Kier molecular flexibility index (Phi) is 5.62. The molecule has 1 aliphatic rings. The lowest BCUT2D eigenvalue weighted by Gasteiger charge is -2.18. The number of hydrogen-bond acceptors (Lipinski definition) is 6. The van der Waals surface area contributed by atoms with Gasteiger partial charge >= 0.3 is 0 Å². The van der Waals surface area contributed by atoms with E-state index in [4.69, 9.17) is 20.8 Å². The first-order chi connectivity index (χ1) is 13.7. The molecule has 0 spiro atoms. The maximum Gasteiger partial charge on any atom is 0.208 e. The van der Waals surface area contributed by atoms with Crippen molar-refractivity contribution in [2.45, 2.75) is 51.4 Å². The number of furan rings is 1. The third kappa shape index (κ3) is 3.63. The van der Waals surface area contributed by atoms with Gasteiger partial charge in [-0.25, -0.2) is 15.0 Å². The van der Waals surface area contributed by atoms with E-state index in [1.54, 1.807) is 23.0 Å². The van der Waals surface area contributed by atoms with Gasteiger partial charge in [0.1, 0.15) is 11.6 Å². The van der Waals surface area contributed by atoms with Gasteiger partial charge in [-0.15, -0.1) is 0 Å². The maximum absolute atomic E-state index is 10.4. The second-order valence-corrected chi connectivity index (χ2v) is 7.03. The van der Waals surface area contributed by atoms with Crippen LogP contribution in [0.1, 0.15) is 51.1 Å². The van der Waals surface area contributed by atoms with E-state index < -0.39 is 12.3 Å². The number of aliphatic hydroxyl groups excluding tert-OH is 1. The number of ether oxygens (including phenoxy) is 1. The minimum Gasteiger partial charge on any atom is -0.461 e. The standard InChI is InChI=1S/C20H21ClN4O3/c1-2-3-4-5-6-9-15-22-17(21)16-19(23-15)25(20-13(26)10-12-28-20)18(24-16)14-8-7-11-27-14/h7-8,11,13,20,26H,2-5,10,12H2,1H3/t13-,20-/m1/s1. The summed E-state index contributed by atoms with van der Waals surface area (Å²) in [6, 6.07) is 3.56. The molecule has 4 rings (SSSR count). The summed E-state index contributed by atoms with van der Waals surface area (Å²) < 4.78 is 13.0. The predicted molar refractivity (Wildman–Crippen MR) is 105 cm³/mol. The van der Waals surface area contributed by atoms with Gasteiger partial charge in [0.05, 0.1) is 12.9 Å². The normalized spacial score (nSPS) is 19.1. The summed E-state index contributed by atoms with van der Waals surface area (Å²) in [4.78, 5) is 13.4. The van der Waals surface area contributed by atoms with Gasteiger partial charge in [-0.05, 0) is 24.5 Å². The molecule has 0 aromatic carbocycles. The molecule has 0 radical (unpaired) electrons. The molecule has 0 unspecified atom stereocenters. The molecule has 8 heteroatoms. The number of rotatable bonds is 5. The summed E-state index contributed by atoms with van der Waals surface area (Å²) >= 11 is 6.39. The molecular formula is C20H21ClN4O3. The summed E-state index contributed by atoms with van der Waals surface area (Å²) in [7, 11) is 0. The first kappa shape index (κ1) is 18.9. The highest BCUT2D eigenvalue weighted by Crippen LogP contribution is 2.34. The van der Waals surface area contributed by atoms with Crippen LogP contribution in [0.2, 0.25) is 5.15 Å². The second kappa shape index (κ2) is 8.31. The summed E-state index contributed by atoms with van der Waals surface area (Å²) in [5.74, 6) is 7.42. The van der Waals surface area contributed by atoms with E-state index in [2.05, 4.69) is 33.7 Å². The molecule has 0 aliphatic carbocycles. The van der Waals surface area contributed by atoms with Crippen LogP contribution in [0.5, 0.6) is 0 Å². The number of imidazole rings is 1. The largest absolute Gasteiger partial charge is 0.461 e. The van der Waals surface area contributed by atoms with Gasteiger partial charge in [-0.1, -0.05) is 37.3 Å². The molecule has 0 bridgehead atoms. The zero-order valence-corrected chi connectivity index (χ0v) is 16.3. The Labute approximate surface area is 167 Å². The van der Waals surface area contributed by atoms with Crippen LogP contribution >= 0.6 is 11.6 Å². The van der Waals surface area contributed by atoms with Gasteiger partial charge in [0.2, 0.25) is 5.82 Å². The van der Waals surface area contributed by atoms with Crippen LogP contribution in [0.3, 0.4) is 0 Å². The van der Waals surface area contributed by atoms with Gasteiger partial charge in [0, 0.05) is 12.8 Å². The van der Waals surface area contributed by atoms with Crippen molar-refractivity contribution >= 4 is 22.8 Å². The van der Waals surface area contributed by atoms with Gasteiger partial charge in [0.25, 0.3) is 0 Å². The third-order valence-corrected chi connectivity index (χ3v) is 4.89. The zero-order chi connectivity index (χ0) is 19.5. The fraction of sp³-hybridized carbons (Fsp3) is 0.450. The van der Waals surface area contributed by atoms with E-state index in [9.17, 15) is 5.11 Å². The molecule has 146 valence electrons. The quantitative estimate of drug-likeness (QED) is 0.396. The fourth-order valence-corrected chi connectivity index (χ4v) is 3.44. The van der Waals surface area contributed by atoms with Crippen molar-refractivity contribution in [1.29, 1.82) is 0 Å². The zero-order valence-electron chi connectivity index (χ0n) is 15.6. The van der Waals surface area contributed by atoms with Crippen LogP contribution in [-0.2, 0) is 4.74 Å². The Hall–Kier alpha value is -2.40. The molecule has 3 aromatic heterocycles. The molecule has 1 N–H and O–H groups in total. The lowest BCUT2D eigenvalue weighted by molar-refractivity contribution is -0.00536. The molecule has 1 saturated heterocycles. The summed E-state index contributed by atoms with van der Waals surface area (Å²) in [5.41, 5.74) is 0.891. The van der Waals surface area contributed by atoms with E-state index in [0.717, 1.165) is 25.7 Å². The second-order valence-electron chi connectivity index (χ2n) is 6.67. The first-order valence-electron chi connectivity index (χ1n) is 9.47. The van der Waals surface area contributed by atoms with Crippen LogP contribution in [0.15, 0.2) is 22.8 Å². The van der Waals surface area contributed by atoms with Gasteiger partial charge in [0.15, 0.2) is 28.6 Å². The minimum absolute atomic E-state index is 0.210. The van der Waals surface area contributed by atoms with E-state index in [0.29, 0.717) is 41.6 Å². The Balaban J connectivity index is 1.81. The highest BCUT2D eigenvalue weighted by atomic mass is 35.5. The minimum atomic E-state index is -0.677. The highest BCUT2D eigenvalue weighted by molar-refractivity contribution is 6.33. The van der Waals surface area contributed by atoms with Gasteiger partial charge < -0.3 is 14.3 Å². The number of halogens is 1. The summed E-state index contributed by atoms with van der Waals surface area (Å²) in [5, 5.41) is 10.6. The first-order valence-corrected chi connectivity index (χ1v) is 9.84. The molecule has 3 aromatic rings. The van der Waals surface area contributed by atoms with E-state index in [1.807, 2.05) is 0 Å². The monoisotopic (exact) mass is 400 g/mol. The summed E-state index contributed by atoms with van der Waals surface area (Å²) in [6.07, 6.45) is 4.91.